The molecule has 1 radical (unpaired) electrons. The molecule has 0 aliphatic heterocycles. The Morgan fingerprint density at radius 3 is 1.23 bits per heavy atom. The summed E-state index contributed by atoms with van der Waals surface area (Å²) in [6.07, 6.45) is 0. The van der Waals surface area contributed by atoms with Crippen LogP contribution in [0.15, 0.2) is 24.3 Å². The van der Waals surface area contributed by atoms with Crippen molar-refractivity contribution in [1.82, 2.24) is 0 Å². The van der Waals surface area contributed by atoms with E-state index in [2.05, 4.69) is 0 Å². The minimum absolute atomic E-state index is 0. The van der Waals surface area contributed by atoms with Crippen molar-refractivity contribution in [3.63, 3.8) is 0 Å². The van der Waals surface area contributed by atoms with Crippen molar-refractivity contribution in [3.8, 4) is 0 Å². The molecule has 0 unspecified atom stereocenters. The normalized spacial score (nSPS) is 8.62. The standard InChI is InChI=1S/C8H6O4.Co/c9-7(10)5-1-2-6(4-3-5)8(11)12;/h1-4H,(H,9,10)(H,11,12);. The Labute approximate surface area is 84.4 Å². The van der Waals surface area contributed by atoms with Crippen LogP contribution >= 0.6 is 0 Å². The van der Waals surface area contributed by atoms with E-state index >= 15 is 0 Å². The third-order valence-corrected chi connectivity index (χ3v) is 1.38. The molecular formula is C8H6CoO4. The van der Waals surface area contributed by atoms with Crippen molar-refractivity contribution >= 4 is 11.9 Å². The molecule has 0 amide bonds. The van der Waals surface area contributed by atoms with Crippen LogP contribution in [0.4, 0.5) is 0 Å². The molecule has 0 aromatic heterocycles. The Bertz CT molecular complexity index is 284. The monoisotopic (exact) mass is 225 g/mol. The first-order valence-electron chi connectivity index (χ1n) is 3.18. The van der Waals surface area contributed by atoms with Gasteiger partial charge in [0.25, 0.3) is 0 Å². The van der Waals surface area contributed by atoms with E-state index in [1.807, 2.05) is 0 Å². The number of hydrogen-bond donors (Lipinski definition) is 2. The van der Waals surface area contributed by atoms with Gasteiger partial charge in [-0.25, -0.2) is 9.59 Å². The van der Waals surface area contributed by atoms with Crippen LogP contribution in [-0.2, 0) is 16.8 Å². The summed E-state index contributed by atoms with van der Waals surface area (Å²) in [7, 11) is 0. The molecular weight excluding hydrogens is 219 g/mol. The third-order valence-electron chi connectivity index (χ3n) is 1.38. The van der Waals surface area contributed by atoms with Gasteiger partial charge in [0, 0.05) is 16.8 Å². The summed E-state index contributed by atoms with van der Waals surface area (Å²) in [5.74, 6) is -2.13. The second-order valence-corrected chi connectivity index (χ2v) is 2.19. The molecule has 0 aliphatic carbocycles. The summed E-state index contributed by atoms with van der Waals surface area (Å²) < 4.78 is 0. The van der Waals surface area contributed by atoms with Crippen LogP contribution in [0.3, 0.4) is 0 Å². The van der Waals surface area contributed by atoms with Crippen molar-refractivity contribution in [2.45, 2.75) is 0 Å². The van der Waals surface area contributed by atoms with Gasteiger partial charge in [0.15, 0.2) is 0 Å². The Balaban J connectivity index is 0.00000144. The zero-order valence-corrected chi connectivity index (χ0v) is 7.39. The van der Waals surface area contributed by atoms with Gasteiger partial charge in [-0.15, -0.1) is 0 Å². The van der Waals surface area contributed by atoms with E-state index < -0.39 is 11.9 Å². The average Bonchev–Trinajstić information content (AvgIpc) is 2.04. The van der Waals surface area contributed by atoms with Gasteiger partial charge in [0.05, 0.1) is 11.1 Å². The molecule has 5 heteroatoms. The number of carboxylic acids is 2. The number of hydrogen-bond acceptors (Lipinski definition) is 2. The number of carboxylic acid groups (broad SMARTS) is 2. The maximum absolute atomic E-state index is 10.3. The van der Waals surface area contributed by atoms with E-state index in [1.54, 1.807) is 0 Å². The third kappa shape index (κ3) is 2.88. The molecule has 0 saturated heterocycles. The van der Waals surface area contributed by atoms with Gasteiger partial charge >= 0.3 is 11.9 Å². The summed E-state index contributed by atoms with van der Waals surface area (Å²) in [4.78, 5) is 20.7. The number of carbonyl (C=O) groups is 2. The first-order valence-corrected chi connectivity index (χ1v) is 3.18. The summed E-state index contributed by atoms with van der Waals surface area (Å²) in [6.45, 7) is 0. The fourth-order valence-corrected chi connectivity index (χ4v) is 0.755. The van der Waals surface area contributed by atoms with Gasteiger partial charge in [-0.2, -0.15) is 0 Å². The molecule has 1 aromatic rings. The van der Waals surface area contributed by atoms with Gasteiger partial charge in [-0.1, -0.05) is 0 Å². The van der Waals surface area contributed by atoms with Crippen molar-refractivity contribution in [2.24, 2.45) is 0 Å². The SMILES string of the molecule is O=C(O)c1ccc(C(=O)O)cc1.[Co]. The van der Waals surface area contributed by atoms with Gasteiger partial charge in [0.1, 0.15) is 0 Å². The van der Waals surface area contributed by atoms with E-state index in [-0.39, 0.29) is 27.9 Å². The van der Waals surface area contributed by atoms with Crippen molar-refractivity contribution in [3.05, 3.63) is 35.4 Å². The van der Waals surface area contributed by atoms with Gasteiger partial charge in [-0.3, -0.25) is 0 Å². The molecule has 1 rings (SSSR count). The second-order valence-electron chi connectivity index (χ2n) is 2.19. The minimum Gasteiger partial charge on any atom is -0.478 e. The van der Waals surface area contributed by atoms with E-state index in [9.17, 15) is 9.59 Å². The van der Waals surface area contributed by atoms with Gasteiger partial charge in [-0.05, 0) is 24.3 Å². The molecule has 13 heavy (non-hydrogen) atoms. The number of benzene rings is 1. The molecule has 0 atom stereocenters. The van der Waals surface area contributed by atoms with Crippen LogP contribution in [0.2, 0.25) is 0 Å². The van der Waals surface area contributed by atoms with Gasteiger partial charge in [0.2, 0.25) is 0 Å². The topological polar surface area (TPSA) is 74.6 Å². The Morgan fingerprint density at radius 2 is 1.08 bits per heavy atom. The Kier molecular flexibility index (Phi) is 4.16. The molecule has 4 nitrogen and oxygen atoms in total. The summed E-state index contributed by atoms with van der Waals surface area (Å²) >= 11 is 0. The van der Waals surface area contributed by atoms with Crippen LogP contribution in [0, 0.1) is 0 Å². The quantitative estimate of drug-likeness (QED) is 0.789. The smallest absolute Gasteiger partial charge is 0.335 e. The van der Waals surface area contributed by atoms with Crippen LogP contribution in [-0.4, -0.2) is 22.2 Å². The van der Waals surface area contributed by atoms with Crippen LogP contribution in [0.25, 0.3) is 0 Å². The number of rotatable bonds is 2. The molecule has 0 heterocycles. The fourth-order valence-electron chi connectivity index (χ4n) is 0.755. The Morgan fingerprint density at radius 1 is 0.846 bits per heavy atom. The molecule has 2 N–H and O–H groups in total. The second kappa shape index (κ2) is 4.63. The molecule has 0 saturated carbocycles. The first kappa shape index (κ1) is 11.7. The van der Waals surface area contributed by atoms with Crippen LogP contribution < -0.4 is 0 Å². The fraction of sp³-hybridized carbons (Fsp3) is 0. The van der Waals surface area contributed by atoms with Crippen molar-refractivity contribution in [1.29, 1.82) is 0 Å². The van der Waals surface area contributed by atoms with Crippen molar-refractivity contribution < 1.29 is 36.6 Å². The predicted octanol–water partition coefficient (Wildman–Crippen LogP) is 1.08. The van der Waals surface area contributed by atoms with E-state index in [0.29, 0.717) is 0 Å². The molecule has 0 fully saturated rings. The average molecular weight is 225 g/mol. The maximum atomic E-state index is 10.3. The minimum atomic E-state index is -1.06. The summed E-state index contributed by atoms with van der Waals surface area (Å²) in [5.41, 5.74) is 0.167. The Hall–Kier alpha value is -1.33. The van der Waals surface area contributed by atoms with Crippen LogP contribution in [0.5, 0.6) is 0 Å². The summed E-state index contributed by atoms with van der Waals surface area (Å²) in [6, 6.07) is 5.02. The molecule has 0 aliphatic rings. The largest absolute Gasteiger partial charge is 0.478 e. The van der Waals surface area contributed by atoms with Gasteiger partial charge < -0.3 is 10.2 Å². The maximum Gasteiger partial charge on any atom is 0.335 e. The van der Waals surface area contributed by atoms with E-state index in [0.717, 1.165) is 0 Å². The summed E-state index contributed by atoms with van der Waals surface area (Å²) in [5, 5.41) is 16.9. The molecule has 1 aromatic carbocycles. The zero-order chi connectivity index (χ0) is 9.14. The van der Waals surface area contributed by atoms with Crippen LogP contribution in [0.1, 0.15) is 20.7 Å². The molecule has 0 bridgehead atoms. The first-order chi connectivity index (χ1) is 5.61. The predicted molar refractivity (Wildman–Crippen MR) is 40.4 cm³/mol. The molecule has 71 valence electrons. The zero-order valence-electron chi connectivity index (χ0n) is 6.35. The molecule has 0 spiro atoms. The van der Waals surface area contributed by atoms with E-state index in [1.165, 1.54) is 24.3 Å². The van der Waals surface area contributed by atoms with Crippen molar-refractivity contribution in [2.75, 3.05) is 0 Å². The number of aromatic carboxylic acids is 2. The van der Waals surface area contributed by atoms with E-state index in [4.69, 9.17) is 10.2 Å².